The van der Waals surface area contributed by atoms with Gasteiger partial charge in [-0.2, -0.15) is 0 Å². The van der Waals surface area contributed by atoms with E-state index in [-0.39, 0.29) is 5.91 Å². The van der Waals surface area contributed by atoms with E-state index in [4.69, 9.17) is 5.84 Å². The first-order valence-electron chi connectivity index (χ1n) is 4.47. The molecule has 0 unspecified atom stereocenters. The number of carbonyl (C=O) groups excluding carboxylic acids is 1. The van der Waals surface area contributed by atoms with Gasteiger partial charge in [-0.3, -0.25) is 10.6 Å². The molecule has 3 N–H and O–H groups in total. The summed E-state index contributed by atoms with van der Waals surface area (Å²) >= 11 is 0. The van der Waals surface area contributed by atoms with Gasteiger partial charge in [0.1, 0.15) is 0 Å². The number of amides is 1. The Morgan fingerprint density at radius 2 is 2.08 bits per heavy atom. The first-order valence-corrected chi connectivity index (χ1v) is 4.47. The summed E-state index contributed by atoms with van der Waals surface area (Å²) in [6, 6.07) is 0. The fourth-order valence-electron chi connectivity index (χ4n) is 0.871. The Bertz CT molecular complexity index is 127. The third-order valence-corrected chi connectivity index (χ3v) is 1.43. The maximum absolute atomic E-state index is 11.1. The van der Waals surface area contributed by atoms with Crippen molar-refractivity contribution >= 4 is 5.91 Å². The summed E-state index contributed by atoms with van der Waals surface area (Å²) in [5.41, 5.74) is 0. The van der Waals surface area contributed by atoms with E-state index in [2.05, 4.69) is 5.32 Å². The fourth-order valence-corrected chi connectivity index (χ4v) is 0.871. The van der Waals surface area contributed by atoms with E-state index >= 15 is 0 Å². The summed E-state index contributed by atoms with van der Waals surface area (Å²) in [6.07, 6.45) is 1.93. The normalized spacial score (nSPS) is 10.3. The van der Waals surface area contributed by atoms with Crippen molar-refractivity contribution in [2.45, 2.75) is 26.7 Å². The molecule has 0 fully saturated rings. The van der Waals surface area contributed by atoms with Crippen LogP contribution >= 0.6 is 0 Å². The molecule has 0 aliphatic rings. The van der Waals surface area contributed by atoms with E-state index in [1.54, 1.807) is 0 Å². The van der Waals surface area contributed by atoms with Gasteiger partial charge >= 0.3 is 0 Å². The third-order valence-electron chi connectivity index (χ3n) is 1.43. The SMILES string of the molecule is CCCNC(=O)CN(N)CCC. The van der Waals surface area contributed by atoms with Crippen molar-refractivity contribution in [1.29, 1.82) is 0 Å². The van der Waals surface area contributed by atoms with Crippen LogP contribution in [-0.2, 0) is 4.79 Å². The van der Waals surface area contributed by atoms with Crippen molar-refractivity contribution in [3.63, 3.8) is 0 Å². The number of nitrogens with one attached hydrogen (secondary N) is 1. The van der Waals surface area contributed by atoms with Crippen molar-refractivity contribution in [3.8, 4) is 0 Å². The zero-order valence-electron chi connectivity index (χ0n) is 7.97. The lowest BCUT2D eigenvalue weighted by Gasteiger charge is -2.14. The highest BCUT2D eigenvalue weighted by Crippen LogP contribution is 1.82. The van der Waals surface area contributed by atoms with E-state index in [9.17, 15) is 4.79 Å². The largest absolute Gasteiger partial charge is 0.355 e. The van der Waals surface area contributed by atoms with Crippen molar-refractivity contribution in [1.82, 2.24) is 10.3 Å². The molecule has 0 aromatic carbocycles. The first kappa shape index (κ1) is 11.4. The van der Waals surface area contributed by atoms with Gasteiger partial charge in [0.2, 0.25) is 5.91 Å². The van der Waals surface area contributed by atoms with Gasteiger partial charge < -0.3 is 5.32 Å². The van der Waals surface area contributed by atoms with Crippen LogP contribution in [0, 0.1) is 0 Å². The number of nitrogens with zero attached hydrogens (tertiary/aromatic N) is 1. The molecular formula is C8H19N3O. The molecule has 4 heteroatoms. The van der Waals surface area contributed by atoms with Crippen molar-refractivity contribution in [2.75, 3.05) is 19.6 Å². The van der Waals surface area contributed by atoms with Crippen LogP contribution in [0.4, 0.5) is 0 Å². The Morgan fingerprint density at radius 1 is 1.42 bits per heavy atom. The van der Waals surface area contributed by atoms with Gasteiger partial charge in [-0.15, -0.1) is 0 Å². The van der Waals surface area contributed by atoms with Gasteiger partial charge in [-0.25, -0.2) is 5.01 Å². The third kappa shape index (κ3) is 6.12. The molecule has 0 aliphatic carbocycles. The zero-order valence-corrected chi connectivity index (χ0v) is 7.97. The summed E-state index contributed by atoms with van der Waals surface area (Å²) in [5.74, 6) is 5.54. The van der Waals surface area contributed by atoms with Crippen molar-refractivity contribution < 1.29 is 4.79 Å². The summed E-state index contributed by atoms with van der Waals surface area (Å²) in [6.45, 7) is 5.85. The zero-order chi connectivity index (χ0) is 9.40. The predicted octanol–water partition coefficient (Wildman–Crippen LogP) is 0.0983. The topological polar surface area (TPSA) is 58.4 Å². The minimum atomic E-state index is 0.00722. The van der Waals surface area contributed by atoms with Gasteiger partial charge in [-0.05, 0) is 12.8 Å². The molecule has 0 aliphatic heterocycles. The van der Waals surface area contributed by atoms with E-state index < -0.39 is 0 Å². The van der Waals surface area contributed by atoms with Crippen LogP contribution in [0.2, 0.25) is 0 Å². The molecule has 72 valence electrons. The van der Waals surface area contributed by atoms with Crippen LogP contribution in [0.3, 0.4) is 0 Å². The van der Waals surface area contributed by atoms with E-state index in [0.29, 0.717) is 6.54 Å². The van der Waals surface area contributed by atoms with Crippen LogP contribution in [0.1, 0.15) is 26.7 Å². The molecule has 0 saturated heterocycles. The van der Waals surface area contributed by atoms with E-state index in [1.165, 1.54) is 5.01 Å². The van der Waals surface area contributed by atoms with Gasteiger partial charge in [0, 0.05) is 13.1 Å². The summed E-state index contributed by atoms with van der Waals surface area (Å²) in [4.78, 5) is 11.1. The maximum Gasteiger partial charge on any atom is 0.235 e. The molecule has 0 heterocycles. The Balaban J connectivity index is 3.40. The van der Waals surface area contributed by atoms with Gasteiger partial charge in [0.05, 0.1) is 6.54 Å². The number of carbonyl (C=O) groups is 1. The quantitative estimate of drug-likeness (QED) is 0.442. The number of nitrogens with two attached hydrogens (primary N) is 1. The smallest absolute Gasteiger partial charge is 0.235 e. The number of hydrazine groups is 1. The van der Waals surface area contributed by atoms with Gasteiger partial charge in [0.15, 0.2) is 0 Å². The molecule has 0 spiro atoms. The molecule has 0 bridgehead atoms. The average molecular weight is 173 g/mol. The maximum atomic E-state index is 11.1. The minimum Gasteiger partial charge on any atom is -0.355 e. The molecule has 0 aromatic heterocycles. The van der Waals surface area contributed by atoms with Crippen molar-refractivity contribution in [3.05, 3.63) is 0 Å². The Kier molecular flexibility index (Phi) is 6.70. The molecule has 1 amide bonds. The predicted molar refractivity (Wildman–Crippen MR) is 49.4 cm³/mol. The second kappa shape index (κ2) is 7.06. The lowest BCUT2D eigenvalue weighted by molar-refractivity contribution is -0.122. The Morgan fingerprint density at radius 3 is 2.58 bits per heavy atom. The Hall–Kier alpha value is -0.610. The average Bonchev–Trinajstić information content (AvgIpc) is 2.01. The summed E-state index contributed by atoms with van der Waals surface area (Å²) in [7, 11) is 0. The number of rotatable bonds is 6. The molecule has 4 nitrogen and oxygen atoms in total. The van der Waals surface area contributed by atoms with Crippen LogP contribution in [0.15, 0.2) is 0 Å². The highest BCUT2D eigenvalue weighted by Gasteiger charge is 2.03. The standard InChI is InChI=1S/C8H19N3O/c1-3-5-10-8(12)7-11(9)6-4-2/h3-7,9H2,1-2H3,(H,10,12). The van der Waals surface area contributed by atoms with Crippen LogP contribution in [-0.4, -0.2) is 30.6 Å². The molecule has 0 radical (unpaired) electrons. The fraction of sp³-hybridized carbons (Fsp3) is 0.875. The minimum absolute atomic E-state index is 0.00722. The van der Waals surface area contributed by atoms with E-state index in [0.717, 1.165) is 25.9 Å². The number of hydrogen-bond acceptors (Lipinski definition) is 3. The molecule has 0 atom stereocenters. The van der Waals surface area contributed by atoms with Crippen LogP contribution < -0.4 is 11.2 Å². The molecule has 0 aromatic rings. The van der Waals surface area contributed by atoms with Gasteiger partial charge in [0.25, 0.3) is 0 Å². The molecule has 0 rings (SSSR count). The molecular weight excluding hydrogens is 154 g/mol. The Labute approximate surface area is 74.1 Å². The number of hydrogen-bond donors (Lipinski definition) is 2. The lowest BCUT2D eigenvalue weighted by atomic mass is 10.4. The van der Waals surface area contributed by atoms with Crippen LogP contribution in [0.25, 0.3) is 0 Å². The lowest BCUT2D eigenvalue weighted by Crippen LogP contribution is -2.41. The van der Waals surface area contributed by atoms with E-state index in [1.807, 2.05) is 13.8 Å². The highest BCUT2D eigenvalue weighted by atomic mass is 16.2. The highest BCUT2D eigenvalue weighted by molar-refractivity contribution is 5.77. The second-order valence-electron chi connectivity index (χ2n) is 2.82. The summed E-state index contributed by atoms with van der Waals surface area (Å²) < 4.78 is 0. The first-order chi connectivity index (χ1) is 5.70. The summed E-state index contributed by atoms with van der Waals surface area (Å²) in [5, 5.41) is 4.29. The molecule has 12 heavy (non-hydrogen) atoms. The van der Waals surface area contributed by atoms with Crippen molar-refractivity contribution in [2.24, 2.45) is 5.84 Å². The van der Waals surface area contributed by atoms with Crippen LogP contribution in [0.5, 0.6) is 0 Å². The monoisotopic (exact) mass is 173 g/mol. The van der Waals surface area contributed by atoms with Gasteiger partial charge in [-0.1, -0.05) is 13.8 Å². The molecule has 0 saturated carbocycles. The second-order valence-corrected chi connectivity index (χ2v) is 2.82.